The highest BCUT2D eigenvalue weighted by atomic mass is 35.5. The largest absolute Gasteiger partial charge is 0.486 e. The molecule has 0 aliphatic heterocycles. The van der Waals surface area contributed by atoms with Crippen LogP contribution >= 0.6 is 11.6 Å². The summed E-state index contributed by atoms with van der Waals surface area (Å²) in [5.74, 6) is -1.57. The van der Waals surface area contributed by atoms with Crippen molar-refractivity contribution in [3.8, 4) is 5.75 Å². The van der Waals surface area contributed by atoms with Crippen molar-refractivity contribution in [1.82, 2.24) is 19.3 Å². The van der Waals surface area contributed by atoms with Crippen LogP contribution in [0.2, 0.25) is 5.02 Å². The molecule has 8 nitrogen and oxygen atoms in total. The summed E-state index contributed by atoms with van der Waals surface area (Å²) in [5.41, 5.74) is -0.255. The van der Waals surface area contributed by atoms with Gasteiger partial charge < -0.3 is 14.6 Å². The Kier molecular flexibility index (Phi) is 7.06. The molecular formula is C21H22ClFN4O4. The molecule has 10 heteroatoms. The number of carbonyl (C=O) groups is 2. The lowest BCUT2D eigenvalue weighted by Gasteiger charge is -2.11. The van der Waals surface area contributed by atoms with Crippen LogP contribution in [-0.2, 0) is 18.3 Å². The minimum atomic E-state index is -0.706. The third-order valence-corrected chi connectivity index (χ3v) is 4.91. The van der Waals surface area contributed by atoms with Crippen molar-refractivity contribution >= 4 is 29.1 Å². The average Bonchev–Trinajstić information content (AvgIpc) is 3.11. The van der Waals surface area contributed by atoms with Gasteiger partial charge in [0, 0.05) is 25.9 Å². The number of amides is 1. The molecule has 1 amide bonds. The van der Waals surface area contributed by atoms with E-state index in [9.17, 15) is 18.8 Å². The first-order valence-corrected chi connectivity index (χ1v) is 10.1. The van der Waals surface area contributed by atoms with Crippen LogP contribution < -0.4 is 15.6 Å². The van der Waals surface area contributed by atoms with Crippen molar-refractivity contribution in [2.45, 2.75) is 26.2 Å². The Balaban J connectivity index is 1.77. The number of nitrogens with one attached hydrogen (secondary N) is 1. The molecule has 0 aliphatic carbocycles. The summed E-state index contributed by atoms with van der Waals surface area (Å²) in [6.45, 7) is 1.92. The van der Waals surface area contributed by atoms with Gasteiger partial charge in [-0.15, -0.1) is 0 Å². The SMILES string of the molecule is CCCCOc1c(C(=O)NCC(=O)Cc2ccc(Cl)c(F)c2)nc2n(C)ccn2c1=O. The van der Waals surface area contributed by atoms with E-state index in [1.165, 1.54) is 28.8 Å². The monoisotopic (exact) mass is 448 g/mol. The third kappa shape index (κ3) is 5.11. The van der Waals surface area contributed by atoms with Crippen LogP contribution in [0.4, 0.5) is 4.39 Å². The highest BCUT2D eigenvalue weighted by molar-refractivity contribution is 6.30. The minimum Gasteiger partial charge on any atom is -0.486 e. The number of hydrogen-bond acceptors (Lipinski definition) is 5. The molecule has 0 saturated heterocycles. The third-order valence-electron chi connectivity index (χ3n) is 4.60. The van der Waals surface area contributed by atoms with Gasteiger partial charge in [-0.1, -0.05) is 31.0 Å². The number of fused-ring (bicyclic) bond motifs is 1. The number of benzene rings is 1. The first-order chi connectivity index (χ1) is 14.8. The Morgan fingerprint density at radius 2 is 2.06 bits per heavy atom. The second-order valence-electron chi connectivity index (χ2n) is 7.02. The van der Waals surface area contributed by atoms with E-state index in [2.05, 4.69) is 10.3 Å². The number of carbonyl (C=O) groups excluding carboxylic acids is 2. The van der Waals surface area contributed by atoms with Gasteiger partial charge in [0.15, 0.2) is 11.5 Å². The van der Waals surface area contributed by atoms with Crippen molar-refractivity contribution in [2.24, 2.45) is 7.05 Å². The summed E-state index contributed by atoms with van der Waals surface area (Å²) >= 11 is 5.64. The maximum Gasteiger partial charge on any atom is 0.302 e. The zero-order valence-corrected chi connectivity index (χ0v) is 17.9. The van der Waals surface area contributed by atoms with Crippen molar-refractivity contribution in [3.63, 3.8) is 0 Å². The number of hydrogen-bond donors (Lipinski definition) is 1. The van der Waals surface area contributed by atoms with E-state index in [1.54, 1.807) is 17.8 Å². The minimum absolute atomic E-state index is 0.0338. The number of nitrogens with zero attached hydrogens (tertiary/aromatic N) is 3. The number of aromatic nitrogens is 3. The van der Waals surface area contributed by atoms with Gasteiger partial charge in [0.05, 0.1) is 18.2 Å². The van der Waals surface area contributed by atoms with Gasteiger partial charge in [-0.2, -0.15) is 0 Å². The molecule has 0 saturated carbocycles. The number of halogens is 2. The van der Waals surface area contributed by atoms with E-state index < -0.39 is 17.3 Å². The summed E-state index contributed by atoms with van der Waals surface area (Å²) in [7, 11) is 1.69. The van der Waals surface area contributed by atoms with Crippen LogP contribution in [-0.4, -0.2) is 38.8 Å². The lowest BCUT2D eigenvalue weighted by atomic mass is 10.1. The first-order valence-electron chi connectivity index (χ1n) is 9.76. The molecule has 3 rings (SSSR count). The van der Waals surface area contributed by atoms with Crippen LogP contribution in [0.25, 0.3) is 5.78 Å². The Bertz CT molecular complexity index is 1190. The van der Waals surface area contributed by atoms with Gasteiger partial charge in [-0.3, -0.25) is 14.4 Å². The molecule has 3 aromatic rings. The molecule has 2 heterocycles. The smallest absolute Gasteiger partial charge is 0.302 e. The topological polar surface area (TPSA) is 94.7 Å². The molecule has 1 N–H and O–H groups in total. The van der Waals surface area contributed by atoms with E-state index >= 15 is 0 Å². The van der Waals surface area contributed by atoms with Crippen molar-refractivity contribution < 1.29 is 18.7 Å². The van der Waals surface area contributed by atoms with Crippen LogP contribution in [0.5, 0.6) is 5.75 Å². The number of rotatable bonds is 9. The predicted molar refractivity (Wildman–Crippen MR) is 113 cm³/mol. The van der Waals surface area contributed by atoms with Crippen LogP contribution in [0.1, 0.15) is 35.8 Å². The maximum atomic E-state index is 13.5. The van der Waals surface area contributed by atoms with Crippen LogP contribution in [0.15, 0.2) is 35.4 Å². The predicted octanol–water partition coefficient (Wildman–Crippen LogP) is 2.55. The molecule has 1 aromatic carbocycles. The molecule has 0 unspecified atom stereocenters. The first kappa shape index (κ1) is 22.5. The number of aryl methyl sites for hydroxylation is 1. The molecule has 0 atom stereocenters. The average molecular weight is 449 g/mol. The van der Waals surface area contributed by atoms with Gasteiger partial charge in [0.1, 0.15) is 5.82 Å². The molecular weight excluding hydrogens is 427 g/mol. The van der Waals surface area contributed by atoms with E-state index in [0.29, 0.717) is 12.0 Å². The molecule has 0 bridgehead atoms. The molecule has 0 aliphatic rings. The molecule has 0 spiro atoms. The van der Waals surface area contributed by atoms with E-state index in [-0.39, 0.29) is 47.6 Å². The summed E-state index contributed by atoms with van der Waals surface area (Å²) in [4.78, 5) is 42.0. The normalized spacial score (nSPS) is 11.0. The quantitative estimate of drug-likeness (QED) is 0.508. The molecule has 164 valence electrons. The van der Waals surface area contributed by atoms with Crippen molar-refractivity contribution in [2.75, 3.05) is 13.2 Å². The molecule has 0 radical (unpaired) electrons. The van der Waals surface area contributed by atoms with Crippen molar-refractivity contribution in [1.29, 1.82) is 0 Å². The number of unbranched alkanes of at least 4 members (excludes halogenated alkanes) is 1. The molecule has 31 heavy (non-hydrogen) atoms. The summed E-state index contributed by atoms with van der Waals surface area (Å²) < 4.78 is 22.0. The Morgan fingerprint density at radius 3 is 2.77 bits per heavy atom. The van der Waals surface area contributed by atoms with Crippen molar-refractivity contribution in [3.05, 3.63) is 63.0 Å². The Hall–Kier alpha value is -3.20. The fourth-order valence-corrected chi connectivity index (χ4v) is 3.05. The summed E-state index contributed by atoms with van der Waals surface area (Å²) in [5, 5.41) is 2.44. The number of ketones is 1. The second-order valence-corrected chi connectivity index (χ2v) is 7.43. The van der Waals surface area contributed by atoms with Crippen LogP contribution in [0.3, 0.4) is 0 Å². The number of ether oxygens (including phenoxy) is 1. The Labute approximate surface area is 182 Å². The lowest BCUT2D eigenvalue weighted by molar-refractivity contribution is -0.117. The fraction of sp³-hybridized carbons (Fsp3) is 0.333. The fourth-order valence-electron chi connectivity index (χ4n) is 2.93. The number of Topliss-reactive ketones (excluding diaryl/α,β-unsaturated/α-hetero) is 1. The second kappa shape index (κ2) is 9.74. The summed E-state index contributed by atoms with van der Waals surface area (Å²) in [6.07, 6.45) is 4.64. The highest BCUT2D eigenvalue weighted by Crippen LogP contribution is 2.16. The zero-order chi connectivity index (χ0) is 22.5. The van der Waals surface area contributed by atoms with Gasteiger partial charge >= 0.3 is 5.56 Å². The highest BCUT2D eigenvalue weighted by Gasteiger charge is 2.22. The van der Waals surface area contributed by atoms with Gasteiger partial charge in [-0.25, -0.2) is 13.8 Å². The Morgan fingerprint density at radius 1 is 1.29 bits per heavy atom. The lowest BCUT2D eigenvalue weighted by Crippen LogP contribution is -2.33. The number of imidazole rings is 1. The molecule has 0 fully saturated rings. The summed E-state index contributed by atoms with van der Waals surface area (Å²) in [6, 6.07) is 4.08. The maximum absolute atomic E-state index is 13.5. The van der Waals surface area contributed by atoms with E-state index in [4.69, 9.17) is 16.3 Å². The molecule has 2 aromatic heterocycles. The van der Waals surface area contributed by atoms with Crippen LogP contribution in [0, 0.1) is 5.82 Å². The zero-order valence-electron chi connectivity index (χ0n) is 17.2. The van der Waals surface area contributed by atoms with Gasteiger partial charge in [-0.05, 0) is 24.1 Å². The van der Waals surface area contributed by atoms with Gasteiger partial charge in [0.25, 0.3) is 5.91 Å². The van der Waals surface area contributed by atoms with E-state index in [0.717, 1.165) is 6.42 Å². The van der Waals surface area contributed by atoms with Gasteiger partial charge in [0.2, 0.25) is 11.5 Å². The van der Waals surface area contributed by atoms with E-state index in [1.807, 2.05) is 6.92 Å². The standard InChI is InChI=1S/C21H22ClFN4O4/c1-3-4-9-31-18-17(25-21-26(2)7-8-27(21)20(18)30)19(29)24-12-14(28)10-13-5-6-15(22)16(23)11-13/h5-8,11H,3-4,9-10,12H2,1-2H3,(H,24,29).